The Bertz CT molecular complexity index is 1270. The quantitative estimate of drug-likeness (QED) is 0.330. The highest BCUT2D eigenvalue weighted by Gasteiger charge is 2.40. The Morgan fingerprint density at radius 3 is 2.22 bits per heavy atom. The summed E-state index contributed by atoms with van der Waals surface area (Å²) in [6, 6.07) is 18.5. The summed E-state index contributed by atoms with van der Waals surface area (Å²) in [5, 5.41) is 3.26. The van der Waals surface area contributed by atoms with Crippen molar-refractivity contribution >= 4 is 34.8 Å². The van der Waals surface area contributed by atoms with Gasteiger partial charge in [-0.25, -0.2) is 4.98 Å². The van der Waals surface area contributed by atoms with E-state index in [2.05, 4.69) is 10.3 Å². The highest BCUT2D eigenvalue weighted by Crippen LogP contribution is 2.39. The van der Waals surface area contributed by atoms with E-state index in [4.69, 9.17) is 27.6 Å². The number of halogens is 5. The first-order valence-electron chi connectivity index (χ1n) is 9.22. The number of benzene rings is 3. The molecule has 0 saturated carbocycles. The summed E-state index contributed by atoms with van der Waals surface area (Å²) in [5.74, 6) is -1.82. The lowest BCUT2D eigenvalue weighted by atomic mass is 10.1. The van der Waals surface area contributed by atoms with Crippen LogP contribution in [0, 0.1) is 0 Å². The van der Waals surface area contributed by atoms with Crippen LogP contribution in [0.2, 0.25) is 10.0 Å². The summed E-state index contributed by atoms with van der Waals surface area (Å²) in [5.41, 5.74) is 0.965. The molecule has 32 heavy (non-hydrogen) atoms. The van der Waals surface area contributed by atoms with Crippen molar-refractivity contribution in [2.24, 2.45) is 0 Å². The van der Waals surface area contributed by atoms with Crippen LogP contribution >= 0.6 is 23.2 Å². The number of carbonyl (C=O) groups is 1. The molecule has 4 rings (SSSR count). The summed E-state index contributed by atoms with van der Waals surface area (Å²) in [7, 11) is 0. The monoisotopic (exact) mass is 476 g/mol. The number of anilines is 1. The van der Waals surface area contributed by atoms with Crippen LogP contribution in [0.5, 0.6) is 0 Å². The maximum atomic E-state index is 13.5. The van der Waals surface area contributed by atoms with Crippen molar-refractivity contribution in [3.63, 3.8) is 0 Å². The largest absolute Gasteiger partial charge is 0.451 e. The average molecular weight is 477 g/mol. The van der Waals surface area contributed by atoms with Gasteiger partial charge in [-0.2, -0.15) is 13.2 Å². The molecule has 0 bridgehead atoms. The van der Waals surface area contributed by atoms with Crippen molar-refractivity contribution in [2.75, 3.05) is 5.32 Å². The third-order valence-electron chi connectivity index (χ3n) is 4.50. The van der Waals surface area contributed by atoms with Gasteiger partial charge in [0.05, 0.1) is 10.6 Å². The Kier molecular flexibility index (Phi) is 5.95. The fourth-order valence-electron chi connectivity index (χ4n) is 3.00. The van der Waals surface area contributed by atoms with Gasteiger partial charge in [0, 0.05) is 21.8 Å². The van der Waals surface area contributed by atoms with Crippen LogP contribution in [-0.2, 0) is 6.18 Å². The summed E-state index contributed by atoms with van der Waals surface area (Å²) >= 11 is 11.9. The number of nitrogens with zero attached hydrogens (tertiary/aromatic N) is 1. The fourth-order valence-corrected chi connectivity index (χ4v) is 3.49. The van der Waals surface area contributed by atoms with E-state index < -0.39 is 17.8 Å². The van der Waals surface area contributed by atoms with E-state index in [1.54, 1.807) is 18.2 Å². The minimum atomic E-state index is -4.71. The maximum Gasteiger partial charge on any atom is 0.451 e. The van der Waals surface area contributed by atoms with Gasteiger partial charge in [-0.1, -0.05) is 53.5 Å². The molecule has 0 aliphatic heterocycles. The van der Waals surface area contributed by atoms with Gasteiger partial charge in [-0.05, 0) is 42.5 Å². The molecule has 0 fully saturated rings. The predicted molar refractivity (Wildman–Crippen MR) is 117 cm³/mol. The van der Waals surface area contributed by atoms with Crippen molar-refractivity contribution in [1.82, 2.24) is 4.98 Å². The van der Waals surface area contributed by atoms with Gasteiger partial charge in [0.1, 0.15) is 5.69 Å². The van der Waals surface area contributed by atoms with Crippen molar-refractivity contribution in [3.05, 3.63) is 94.2 Å². The topological polar surface area (TPSA) is 55.1 Å². The molecule has 0 aliphatic carbocycles. The molecule has 1 aromatic heterocycles. The molecule has 0 unspecified atom stereocenters. The van der Waals surface area contributed by atoms with Crippen LogP contribution < -0.4 is 5.32 Å². The van der Waals surface area contributed by atoms with Crippen molar-refractivity contribution < 1.29 is 22.4 Å². The second-order valence-corrected chi connectivity index (χ2v) is 7.56. The molecule has 4 nitrogen and oxygen atoms in total. The molecule has 4 aromatic rings. The lowest BCUT2D eigenvalue weighted by Gasteiger charge is -2.07. The maximum absolute atomic E-state index is 13.5. The smallest absolute Gasteiger partial charge is 0.431 e. The third kappa shape index (κ3) is 4.64. The number of hydrogen-bond acceptors (Lipinski definition) is 3. The molecule has 1 heterocycles. The molecule has 0 saturated heterocycles. The standard InChI is InChI=1S/C23H13Cl2F3N2O2/c24-15-8-11-17(18(25)12-15)21(31)29-16-9-6-14(7-10-16)22-30-19(13-4-2-1-3-5-13)20(32-22)23(26,27)28/h1-12H,(H,29,31). The van der Waals surface area contributed by atoms with Crippen molar-refractivity contribution in [2.45, 2.75) is 6.18 Å². The van der Waals surface area contributed by atoms with Crippen LogP contribution in [0.25, 0.3) is 22.7 Å². The zero-order valence-corrected chi connectivity index (χ0v) is 17.6. The molecular weight excluding hydrogens is 464 g/mol. The zero-order valence-electron chi connectivity index (χ0n) is 16.1. The lowest BCUT2D eigenvalue weighted by molar-refractivity contribution is -0.152. The van der Waals surface area contributed by atoms with E-state index in [9.17, 15) is 18.0 Å². The van der Waals surface area contributed by atoms with Gasteiger partial charge in [-0.15, -0.1) is 0 Å². The number of amides is 1. The van der Waals surface area contributed by atoms with Crippen LogP contribution in [0.3, 0.4) is 0 Å². The van der Waals surface area contributed by atoms with Crippen LogP contribution in [-0.4, -0.2) is 10.9 Å². The van der Waals surface area contributed by atoms with E-state index in [1.807, 2.05) is 0 Å². The molecule has 1 N–H and O–H groups in total. The minimum Gasteiger partial charge on any atom is -0.431 e. The second-order valence-electron chi connectivity index (χ2n) is 6.72. The summed E-state index contributed by atoms with van der Waals surface area (Å²) in [6.07, 6.45) is -4.71. The average Bonchev–Trinajstić information content (AvgIpc) is 3.21. The zero-order chi connectivity index (χ0) is 22.9. The predicted octanol–water partition coefficient (Wildman–Crippen LogP) is 7.59. The molecule has 0 atom stereocenters. The first-order valence-corrected chi connectivity index (χ1v) is 9.98. The Morgan fingerprint density at radius 1 is 0.906 bits per heavy atom. The Morgan fingerprint density at radius 2 is 1.59 bits per heavy atom. The van der Waals surface area contributed by atoms with E-state index in [0.717, 1.165) is 0 Å². The number of nitrogens with one attached hydrogen (secondary N) is 1. The summed E-state index contributed by atoms with van der Waals surface area (Å²) < 4.78 is 45.6. The highest BCUT2D eigenvalue weighted by molar-refractivity contribution is 6.37. The molecule has 162 valence electrons. The first kappa shape index (κ1) is 21.9. The summed E-state index contributed by atoms with van der Waals surface area (Å²) in [4.78, 5) is 16.5. The summed E-state index contributed by atoms with van der Waals surface area (Å²) in [6.45, 7) is 0. The van der Waals surface area contributed by atoms with Crippen LogP contribution in [0.4, 0.5) is 18.9 Å². The van der Waals surface area contributed by atoms with E-state index in [1.165, 1.54) is 54.6 Å². The van der Waals surface area contributed by atoms with Crippen molar-refractivity contribution in [1.29, 1.82) is 0 Å². The highest BCUT2D eigenvalue weighted by atomic mass is 35.5. The Hall–Kier alpha value is -3.29. The van der Waals surface area contributed by atoms with Gasteiger partial charge in [0.25, 0.3) is 5.91 Å². The molecule has 9 heteroatoms. The number of rotatable bonds is 4. The number of carbonyl (C=O) groups excluding carboxylic acids is 1. The Labute approximate surface area is 190 Å². The number of alkyl halides is 3. The van der Waals surface area contributed by atoms with E-state index in [0.29, 0.717) is 21.8 Å². The molecule has 0 radical (unpaired) electrons. The molecule has 0 spiro atoms. The van der Waals surface area contributed by atoms with Crippen LogP contribution in [0.1, 0.15) is 16.1 Å². The Balaban J connectivity index is 1.60. The van der Waals surface area contributed by atoms with Gasteiger partial charge in [0.2, 0.25) is 11.7 Å². The van der Waals surface area contributed by atoms with Crippen LogP contribution in [0.15, 0.2) is 77.2 Å². The van der Waals surface area contributed by atoms with Gasteiger partial charge < -0.3 is 9.73 Å². The normalized spacial score (nSPS) is 11.4. The van der Waals surface area contributed by atoms with Gasteiger partial charge >= 0.3 is 6.18 Å². The second kappa shape index (κ2) is 8.68. The number of oxazole rings is 1. The third-order valence-corrected chi connectivity index (χ3v) is 5.05. The first-order chi connectivity index (χ1) is 15.2. The number of hydrogen-bond donors (Lipinski definition) is 1. The SMILES string of the molecule is O=C(Nc1ccc(-c2nc(-c3ccccc3)c(C(F)(F)F)o2)cc1)c1ccc(Cl)cc1Cl. The fraction of sp³-hybridized carbons (Fsp3) is 0.0435. The van der Waals surface area contributed by atoms with Gasteiger partial charge in [-0.3, -0.25) is 4.79 Å². The van der Waals surface area contributed by atoms with E-state index >= 15 is 0 Å². The minimum absolute atomic E-state index is 0.185. The number of aromatic nitrogens is 1. The molecule has 0 aliphatic rings. The van der Waals surface area contributed by atoms with E-state index in [-0.39, 0.29) is 22.2 Å². The van der Waals surface area contributed by atoms with Crippen molar-refractivity contribution in [3.8, 4) is 22.7 Å². The lowest BCUT2D eigenvalue weighted by Crippen LogP contribution is -2.12. The molecular formula is C23H13Cl2F3N2O2. The molecule has 1 amide bonds. The van der Waals surface area contributed by atoms with Gasteiger partial charge in [0.15, 0.2) is 0 Å². The molecule has 3 aromatic carbocycles.